The zero-order chi connectivity index (χ0) is 11.7. The first-order valence-corrected chi connectivity index (χ1v) is 5.78. The Labute approximate surface area is 96.5 Å². The van der Waals surface area contributed by atoms with E-state index in [9.17, 15) is 0 Å². The molecule has 2 N–H and O–H groups in total. The molecule has 2 aromatic rings. The lowest BCUT2D eigenvalue weighted by Gasteiger charge is -2.14. The Balaban J connectivity index is 2.67. The van der Waals surface area contributed by atoms with Crippen LogP contribution < -0.4 is 5.73 Å². The first-order chi connectivity index (χ1) is 7.63. The van der Waals surface area contributed by atoms with Gasteiger partial charge in [0.05, 0.1) is 0 Å². The molecule has 0 fully saturated rings. The molecular weight excluding hydrogens is 196 g/mol. The number of anilines is 1. The molecule has 2 heteroatoms. The Morgan fingerprint density at radius 3 is 2.81 bits per heavy atom. The van der Waals surface area contributed by atoms with Crippen molar-refractivity contribution >= 4 is 16.6 Å². The van der Waals surface area contributed by atoms with Gasteiger partial charge in [-0.15, -0.1) is 0 Å². The highest BCUT2D eigenvalue weighted by atomic mass is 14.8. The number of hydrogen-bond donors (Lipinski definition) is 1. The van der Waals surface area contributed by atoms with Crippen LogP contribution in [0.15, 0.2) is 24.4 Å². The molecular formula is C14H18N2. The standard InChI is InChI=1S/C14H18N2/c1-4-9(2)12-8-11-5-6-16-14(15)13(11)7-10(12)3/h5-9H,4H2,1-3H3,(H2,15,16). The molecule has 1 unspecified atom stereocenters. The Kier molecular flexibility index (Phi) is 2.82. The molecule has 16 heavy (non-hydrogen) atoms. The van der Waals surface area contributed by atoms with Crippen molar-refractivity contribution in [1.29, 1.82) is 0 Å². The summed E-state index contributed by atoms with van der Waals surface area (Å²) in [5, 5.41) is 2.25. The zero-order valence-corrected chi connectivity index (χ0v) is 10.1. The molecule has 0 aliphatic carbocycles. The molecule has 0 aliphatic heterocycles. The third-order valence-electron chi connectivity index (χ3n) is 3.33. The smallest absolute Gasteiger partial charge is 0.131 e. The number of pyridine rings is 1. The number of benzene rings is 1. The van der Waals surface area contributed by atoms with Gasteiger partial charge >= 0.3 is 0 Å². The van der Waals surface area contributed by atoms with E-state index in [0.29, 0.717) is 11.7 Å². The molecule has 0 saturated heterocycles. The van der Waals surface area contributed by atoms with Crippen LogP contribution in [0, 0.1) is 6.92 Å². The van der Waals surface area contributed by atoms with Gasteiger partial charge in [-0.3, -0.25) is 0 Å². The molecule has 0 radical (unpaired) electrons. The normalized spacial score (nSPS) is 12.9. The van der Waals surface area contributed by atoms with Crippen molar-refractivity contribution in [2.24, 2.45) is 0 Å². The maximum Gasteiger partial charge on any atom is 0.131 e. The van der Waals surface area contributed by atoms with Gasteiger partial charge in [0.1, 0.15) is 5.82 Å². The monoisotopic (exact) mass is 214 g/mol. The summed E-state index contributed by atoms with van der Waals surface area (Å²) < 4.78 is 0. The van der Waals surface area contributed by atoms with Crippen molar-refractivity contribution in [3.05, 3.63) is 35.5 Å². The van der Waals surface area contributed by atoms with E-state index in [4.69, 9.17) is 5.73 Å². The summed E-state index contributed by atoms with van der Waals surface area (Å²) in [6, 6.07) is 6.42. The quantitative estimate of drug-likeness (QED) is 0.829. The van der Waals surface area contributed by atoms with E-state index in [1.807, 2.05) is 6.07 Å². The molecule has 0 amide bonds. The van der Waals surface area contributed by atoms with Crippen LogP contribution in [0.1, 0.15) is 37.3 Å². The topological polar surface area (TPSA) is 38.9 Å². The summed E-state index contributed by atoms with van der Waals surface area (Å²) in [6.45, 7) is 6.63. The number of rotatable bonds is 2. The maximum atomic E-state index is 5.87. The number of nitrogens with zero attached hydrogens (tertiary/aromatic N) is 1. The molecule has 2 rings (SSSR count). The van der Waals surface area contributed by atoms with Gasteiger partial charge in [-0.1, -0.05) is 19.9 Å². The van der Waals surface area contributed by atoms with Crippen molar-refractivity contribution in [2.45, 2.75) is 33.1 Å². The summed E-state index contributed by atoms with van der Waals surface area (Å²) in [5.41, 5.74) is 8.60. The highest BCUT2D eigenvalue weighted by Crippen LogP contribution is 2.28. The SMILES string of the molecule is CCC(C)c1cc2ccnc(N)c2cc1C. The molecule has 1 heterocycles. The van der Waals surface area contributed by atoms with Crippen LogP contribution in [0.3, 0.4) is 0 Å². The van der Waals surface area contributed by atoms with Gasteiger partial charge in [-0.2, -0.15) is 0 Å². The lowest BCUT2D eigenvalue weighted by molar-refractivity contribution is 0.729. The fourth-order valence-electron chi connectivity index (χ4n) is 2.12. The number of fused-ring (bicyclic) bond motifs is 1. The zero-order valence-electron chi connectivity index (χ0n) is 10.1. The molecule has 84 valence electrons. The average Bonchev–Trinajstić information content (AvgIpc) is 2.29. The lowest BCUT2D eigenvalue weighted by Crippen LogP contribution is -1.97. The first-order valence-electron chi connectivity index (χ1n) is 5.78. The van der Waals surface area contributed by atoms with Gasteiger partial charge in [0.2, 0.25) is 0 Å². The van der Waals surface area contributed by atoms with Crippen LogP contribution in [0.5, 0.6) is 0 Å². The second kappa shape index (κ2) is 4.12. The minimum Gasteiger partial charge on any atom is -0.383 e. The van der Waals surface area contributed by atoms with Crippen LogP contribution in [0.4, 0.5) is 5.82 Å². The number of hydrogen-bond acceptors (Lipinski definition) is 2. The summed E-state index contributed by atoms with van der Waals surface area (Å²) in [6.07, 6.45) is 2.93. The van der Waals surface area contributed by atoms with Crippen molar-refractivity contribution < 1.29 is 0 Å². The van der Waals surface area contributed by atoms with E-state index in [0.717, 1.165) is 11.8 Å². The molecule has 2 nitrogen and oxygen atoms in total. The molecule has 0 bridgehead atoms. The third-order valence-corrected chi connectivity index (χ3v) is 3.33. The van der Waals surface area contributed by atoms with E-state index >= 15 is 0 Å². The van der Waals surface area contributed by atoms with E-state index < -0.39 is 0 Å². The third kappa shape index (κ3) is 1.75. The second-order valence-corrected chi connectivity index (χ2v) is 4.44. The predicted octanol–water partition coefficient (Wildman–Crippen LogP) is 3.64. The summed E-state index contributed by atoms with van der Waals surface area (Å²) in [5.74, 6) is 1.22. The highest BCUT2D eigenvalue weighted by Gasteiger charge is 2.09. The van der Waals surface area contributed by atoms with Crippen molar-refractivity contribution in [3.8, 4) is 0 Å². The summed E-state index contributed by atoms with van der Waals surface area (Å²) in [4.78, 5) is 4.12. The summed E-state index contributed by atoms with van der Waals surface area (Å²) in [7, 11) is 0. The average molecular weight is 214 g/mol. The van der Waals surface area contributed by atoms with Gasteiger partial charge in [-0.05, 0) is 47.9 Å². The van der Waals surface area contributed by atoms with Crippen LogP contribution in [0.25, 0.3) is 10.8 Å². The number of nitrogen functional groups attached to an aromatic ring is 1. The molecule has 0 saturated carbocycles. The second-order valence-electron chi connectivity index (χ2n) is 4.44. The van der Waals surface area contributed by atoms with Gasteiger partial charge < -0.3 is 5.73 Å². The Morgan fingerprint density at radius 1 is 1.38 bits per heavy atom. The molecule has 1 aromatic heterocycles. The Morgan fingerprint density at radius 2 is 2.12 bits per heavy atom. The van der Waals surface area contributed by atoms with Gasteiger partial charge in [-0.25, -0.2) is 4.98 Å². The summed E-state index contributed by atoms with van der Waals surface area (Å²) >= 11 is 0. The fourth-order valence-corrected chi connectivity index (χ4v) is 2.12. The van der Waals surface area contributed by atoms with Crippen molar-refractivity contribution in [1.82, 2.24) is 4.98 Å². The molecule has 0 spiro atoms. The van der Waals surface area contributed by atoms with Crippen LogP contribution in [-0.2, 0) is 0 Å². The highest BCUT2D eigenvalue weighted by molar-refractivity contribution is 5.91. The number of nitrogens with two attached hydrogens (primary N) is 1. The lowest BCUT2D eigenvalue weighted by atomic mass is 9.92. The maximum absolute atomic E-state index is 5.87. The van der Waals surface area contributed by atoms with Gasteiger partial charge in [0.15, 0.2) is 0 Å². The first kappa shape index (κ1) is 10.9. The van der Waals surface area contributed by atoms with E-state index in [-0.39, 0.29) is 0 Å². The van der Waals surface area contributed by atoms with E-state index in [2.05, 4.69) is 37.9 Å². The minimum atomic E-state index is 0.596. The van der Waals surface area contributed by atoms with Crippen LogP contribution in [-0.4, -0.2) is 4.98 Å². The number of aryl methyl sites for hydroxylation is 1. The predicted molar refractivity (Wildman–Crippen MR) is 69.6 cm³/mol. The van der Waals surface area contributed by atoms with Crippen LogP contribution >= 0.6 is 0 Å². The van der Waals surface area contributed by atoms with Crippen LogP contribution in [0.2, 0.25) is 0 Å². The van der Waals surface area contributed by atoms with Gasteiger partial charge in [0.25, 0.3) is 0 Å². The molecule has 1 atom stereocenters. The Bertz CT molecular complexity index is 517. The number of aromatic nitrogens is 1. The van der Waals surface area contributed by atoms with E-state index in [1.165, 1.54) is 16.5 Å². The Hall–Kier alpha value is -1.57. The van der Waals surface area contributed by atoms with Crippen molar-refractivity contribution in [2.75, 3.05) is 5.73 Å². The van der Waals surface area contributed by atoms with Gasteiger partial charge in [0, 0.05) is 11.6 Å². The minimum absolute atomic E-state index is 0.596. The fraction of sp³-hybridized carbons (Fsp3) is 0.357. The molecule has 1 aromatic carbocycles. The van der Waals surface area contributed by atoms with Crippen molar-refractivity contribution in [3.63, 3.8) is 0 Å². The molecule has 0 aliphatic rings. The van der Waals surface area contributed by atoms with E-state index in [1.54, 1.807) is 6.20 Å². The largest absolute Gasteiger partial charge is 0.383 e.